The van der Waals surface area contributed by atoms with Crippen molar-refractivity contribution in [3.05, 3.63) is 54.2 Å². The van der Waals surface area contributed by atoms with Crippen molar-refractivity contribution < 1.29 is 14.4 Å². The van der Waals surface area contributed by atoms with Crippen molar-refractivity contribution in [3.8, 4) is 11.1 Å². The second-order valence-electron chi connectivity index (χ2n) is 10.3. The van der Waals surface area contributed by atoms with Gasteiger partial charge in [-0.25, -0.2) is 0 Å². The van der Waals surface area contributed by atoms with E-state index in [4.69, 9.17) is 0 Å². The fourth-order valence-corrected chi connectivity index (χ4v) is 6.00. The highest BCUT2D eigenvalue weighted by atomic mass is 16.2. The van der Waals surface area contributed by atoms with Gasteiger partial charge in [-0.15, -0.1) is 0 Å². The van der Waals surface area contributed by atoms with Crippen LogP contribution in [0.3, 0.4) is 0 Å². The van der Waals surface area contributed by atoms with Crippen LogP contribution in [0.5, 0.6) is 0 Å². The summed E-state index contributed by atoms with van der Waals surface area (Å²) in [6.45, 7) is 4.24. The highest BCUT2D eigenvalue weighted by molar-refractivity contribution is 6.05. The molecular weight excluding hydrogens is 454 g/mol. The van der Waals surface area contributed by atoms with Crippen LogP contribution in [0.4, 0.5) is 0 Å². The van der Waals surface area contributed by atoms with Crippen LogP contribution in [0, 0.1) is 11.8 Å². The minimum atomic E-state index is -0.0582. The van der Waals surface area contributed by atoms with Crippen molar-refractivity contribution in [3.63, 3.8) is 0 Å². The number of likely N-dealkylation sites (tertiary alicyclic amines) is 3. The summed E-state index contributed by atoms with van der Waals surface area (Å²) < 4.78 is 0. The number of hydrogen-bond donors (Lipinski definition) is 1. The molecule has 4 heterocycles. The quantitative estimate of drug-likeness (QED) is 0.601. The molecule has 0 spiro atoms. The summed E-state index contributed by atoms with van der Waals surface area (Å²) in [7, 11) is 0. The van der Waals surface area contributed by atoms with Gasteiger partial charge in [0.1, 0.15) is 0 Å². The molecule has 2 unspecified atom stereocenters. The van der Waals surface area contributed by atoms with Gasteiger partial charge < -0.3 is 14.7 Å². The topological polar surface area (TPSA) is 89.6 Å². The first-order chi connectivity index (χ1) is 17.6. The second kappa shape index (κ2) is 9.41. The molecule has 1 aromatic heterocycles. The summed E-state index contributed by atoms with van der Waals surface area (Å²) in [5, 5.41) is 8.24. The molecule has 0 saturated carbocycles. The predicted octanol–water partition coefficient (Wildman–Crippen LogP) is 3.16. The van der Waals surface area contributed by atoms with Crippen LogP contribution in [0.15, 0.2) is 48.5 Å². The van der Waals surface area contributed by atoms with E-state index < -0.39 is 0 Å². The Morgan fingerprint density at radius 2 is 1.42 bits per heavy atom. The normalized spacial score (nSPS) is 21.4. The standard InChI is InChI=1S/C28H31N5O3/c34-25(31-12-4-5-13-31)10-11-26(35)32-15-21-17-33(18-22(21)16-32)28(36)27-23-9-8-20(14-24(23)29-30-27)19-6-2-1-3-7-19/h1-3,6-9,14,21-22H,4-5,10-13,15-18H2,(H,29,30). The Morgan fingerprint density at radius 1 is 0.778 bits per heavy atom. The lowest BCUT2D eigenvalue weighted by atomic mass is 10.0. The summed E-state index contributed by atoms with van der Waals surface area (Å²) in [4.78, 5) is 44.0. The summed E-state index contributed by atoms with van der Waals surface area (Å²) in [6, 6.07) is 16.2. The molecule has 36 heavy (non-hydrogen) atoms. The molecule has 3 amide bonds. The Morgan fingerprint density at radius 3 is 2.11 bits per heavy atom. The largest absolute Gasteiger partial charge is 0.343 e. The monoisotopic (exact) mass is 485 g/mol. The van der Waals surface area contributed by atoms with E-state index in [-0.39, 0.29) is 36.0 Å². The number of amides is 3. The van der Waals surface area contributed by atoms with Crippen LogP contribution in [0.1, 0.15) is 36.2 Å². The number of nitrogens with zero attached hydrogens (tertiary/aromatic N) is 4. The third-order valence-electron chi connectivity index (χ3n) is 8.01. The fraction of sp³-hybridized carbons (Fsp3) is 0.429. The average Bonchev–Trinajstić information content (AvgIpc) is 3.70. The molecule has 2 atom stereocenters. The Balaban J connectivity index is 1.06. The maximum absolute atomic E-state index is 13.3. The molecule has 6 rings (SSSR count). The molecule has 3 saturated heterocycles. The molecule has 3 aliphatic heterocycles. The van der Waals surface area contributed by atoms with Gasteiger partial charge in [0.05, 0.1) is 5.52 Å². The number of fused-ring (bicyclic) bond motifs is 2. The molecule has 186 valence electrons. The summed E-state index contributed by atoms with van der Waals surface area (Å²) in [5.41, 5.74) is 3.50. The van der Waals surface area contributed by atoms with Crippen LogP contribution < -0.4 is 0 Å². The number of nitrogens with one attached hydrogen (secondary N) is 1. The van der Waals surface area contributed by atoms with Gasteiger partial charge in [0.2, 0.25) is 11.8 Å². The van der Waals surface area contributed by atoms with Crippen LogP contribution in [-0.2, 0) is 9.59 Å². The molecule has 0 bridgehead atoms. The number of aromatic nitrogens is 2. The Hall–Kier alpha value is -3.68. The smallest absolute Gasteiger partial charge is 0.275 e. The minimum absolute atomic E-state index is 0.0577. The van der Waals surface area contributed by atoms with Crippen molar-refractivity contribution >= 4 is 28.6 Å². The summed E-state index contributed by atoms with van der Waals surface area (Å²) in [5.74, 6) is 0.655. The van der Waals surface area contributed by atoms with Gasteiger partial charge in [-0.3, -0.25) is 19.5 Å². The lowest BCUT2D eigenvalue weighted by Gasteiger charge is -2.22. The number of carbonyl (C=O) groups excluding carboxylic acids is 3. The lowest BCUT2D eigenvalue weighted by molar-refractivity contribution is -0.136. The van der Waals surface area contributed by atoms with Crippen molar-refractivity contribution in [2.24, 2.45) is 11.8 Å². The zero-order valence-corrected chi connectivity index (χ0v) is 20.4. The average molecular weight is 486 g/mol. The predicted molar refractivity (Wildman–Crippen MR) is 136 cm³/mol. The molecule has 8 heteroatoms. The summed E-state index contributed by atoms with van der Waals surface area (Å²) >= 11 is 0. The van der Waals surface area contributed by atoms with E-state index in [1.54, 1.807) is 0 Å². The first-order valence-corrected chi connectivity index (χ1v) is 12.9. The van der Waals surface area contributed by atoms with E-state index in [0.29, 0.717) is 38.3 Å². The lowest BCUT2D eigenvalue weighted by Crippen LogP contribution is -2.36. The highest BCUT2D eigenvalue weighted by Crippen LogP contribution is 2.33. The molecule has 2 aromatic carbocycles. The fourth-order valence-electron chi connectivity index (χ4n) is 6.00. The SMILES string of the molecule is O=C(CCC(=O)N1CC2CN(C(=O)c3n[nH]c4cc(-c5ccccc5)ccc34)CC2C1)N1CCCC1. The molecular formula is C28H31N5O3. The zero-order chi connectivity index (χ0) is 24.6. The third-order valence-corrected chi connectivity index (χ3v) is 8.01. The molecule has 1 N–H and O–H groups in total. The van der Waals surface area contributed by atoms with E-state index in [9.17, 15) is 14.4 Å². The van der Waals surface area contributed by atoms with Crippen molar-refractivity contribution in [1.29, 1.82) is 0 Å². The van der Waals surface area contributed by atoms with Gasteiger partial charge >= 0.3 is 0 Å². The number of benzene rings is 2. The van der Waals surface area contributed by atoms with Gasteiger partial charge in [0, 0.05) is 69.3 Å². The van der Waals surface area contributed by atoms with Gasteiger partial charge in [-0.2, -0.15) is 5.10 Å². The third kappa shape index (κ3) is 4.25. The van der Waals surface area contributed by atoms with Crippen molar-refractivity contribution in [2.45, 2.75) is 25.7 Å². The number of H-pyrrole nitrogens is 1. The Bertz CT molecular complexity index is 1280. The highest BCUT2D eigenvalue weighted by Gasteiger charge is 2.43. The van der Waals surface area contributed by atoms with Crippen molar-refractivity contribution in [1.82, 2.24) is 24.9 Å². The van der Waals surface area contributed by atoms with E-state index in [0.717, 1.165) is 48.0 Å². The first kappa shape index (κ1) is 22.8. The molecule has 3 fully saturated rings. The maximum Gasteiger partial charge on any atom is 0.275 e. The number of rotatable bonds is 5. The number of aromatic amines is 1. The van der Waals surface area contributed by atoms with Gasteiger partial charge in [0.15, 0.2) is 5.69 Å². The molecule has 3 aliphatic rings. The van der Waals surface area contributed by atoms with Crippen LogP contribution in [-0.4, -0.2) is 81.9 Å². The van der Waals surface area contributed by atoms with Crippen molar-refractivity contribution in [2.75, 3.05) is 39.3 Å². The van der Waals surface area contributed by atoms with Gasteiger partial charge in [-0.05, 0) is 36.1 Å². The van der Waals surface area contributed by atoms with Gasteiger partial charge in [0.25, 0.3) is 5.91 Å². The maximum atomic E-state index is 13.3. The van der Waals surface area contributed by atoms with Crippen LogP contribution >= 0.6 is 0 Å². The van der Waals surface area contributed by atoms with E-state index in [2.05, 4.69) is 22.3 Å². The van der Waals surface area contributed by atoms with Crippen LogP contribution in [0.2, 0.25) is 0 Å². The first-order valence-electron chi connectivity index (χ1n) is 12.9. The van der Waals surface area contributed by atoms with E-state index in [1.165, 1.54) is 0 Å². The number of hydrogen-bond acceptors (Lipinski definition) is 4. The molecule has 0 radical (unpaired) electrons. The molecule has 8 nitrogen and oxygen atoms in total. The number of carbonyl (C=O) groups is 3. The Kier molecular flexibility index (Phi) is 5.95. The molecule has 3 aromatic rings. The zero-order valence-electron chi connectivity index (χ0n) is 20.4. The van der Waals surface area contributed by atoms with E-state index >= 15 is 0 Å². The van der Waals surface area contributed by atoms with E-state index in [1.807, 2.05) is 51.1 Å². The Labute approximate surface area is 210 Å². The van der Waals surface area contributed by atoms with Gasteiger partial charge in [-0.1, -0.05) is 36.4 Å². The second-order valence-corrected chi connectivity index (χ2v) is 10.3. The van der Waals surface area contributed by atoms with Crippen LogP contribution in [0.25, 0.3) is 22.0 Å². The summed E-state index contributed by atoms with van der Waals surface area (Å²) in [6.07, 6.45) is 2.70. The molecule has 0 aliphatic carbocycles. The minimum Gasteiger partial charge on any atom is -0.343 e.